The van der Waals surface area contributed by atoms with Gasteiger partial charge in [-0.3, -0.25) is 4.79 Å². The molecule has 0 heterocycles. The summed E-state index contributed by atoms with van der Waals surface area (Å²) in [5, 5.41) is 19.5. The van der Waals surface area contributed by atoms with Crippen LogP contribution in [-0.2, 0) is 4.79 Å². The summed E-state index contributed by atoms with van der Waals surface area (Å²) in [4.78, 5) is 22.0. The second kappa shape index (κ2) is 5.47. The van der Waals surface area contributed by atoms with Crippen molar-refractivity contribution in [2.45, 2.75) is 6.92 Å². The van der Waals surface area contributed by atoms with E-state index in [0.717, 1.165) is 6.08 Å². The molecule has 0 atom stereocenters. The molecule has 0 spiro atoms. The highest BCUT2D eigenvalue weighted by Gasteiger charge is 2.06. The summed E-state index contributed by atoms with van der Waals surface area (Å²) >= 11 is 0. The van der Waals surface area contributed by atoms with Gasteiger partial charge in [-0.05, 0) is 31.2 Å². The number of nitrogens with one attached hydrogen (secondary N) is 1. The molecule has 0 aliphatic carbocycles. The Kier molecular flexibility index (Phi) is 4.01. The molecule has 86 valence electrons. The van der Waals surface area contributed by atoms with Gasteiger partial charge in [-0.1, -0.05) is 0 Å². The van der Waals surface area contributed by atoms with Gasteiger partial charge in [0.15, 0.2) is 0 Å². The van der Waals surface area contributed by atoms with Gasteiger partial charge in [0.05, 0.1) is 11.6 Å². The second-order valence-electron chi connectivity index (χ2n) is 3.31. The molecule has 0 radical (unpaired) electrons. The lowest BCUT2D eigenvalue weighted by Crippen LogP contribution is -2.21. The van der Waals surface area contributed by atoms with Crippen LogP contribution in [0, 0.1) is 11.3 Å². The maximum Gasteiger partial charge on any atom is 0.330 e. The number of amides is 1. The summed E-state index contributed by atoms with van der Waals surface area (Å²) in [5.41, 5.74) is 1.06. The number of rotatable bonds is 3. The molecule has 1 rings (SSSR count). The zero-order valence-electron chi connectivity index (χ0n) is 9.10. The first kappa shape index (κ1) is 12.5. The van der Waals surface area contributed by atoms with Crippen LogP contribution in [0.25, 0.3) is 0 Å². The average Bonchev–Trinajstić information content (AvgIpc) is 2.28. The third-order valence-corrected chi connectivity index (χ3v) is 1.93. The normalized spacial score (nSPS) is 10.5. The lowest BCUT2D eigenvalue weighted by molar-refractivity contribution is -0.131. The zero-order valence-corrected chi connectivity index (χ0v) is 9.10. The van der Waals surface area contributed by atoms with Crippen molar-refractivity contribution < 1.29 is 14.7 Å². The smallest absolute Gasteiger partial charge is 0.330 e. The van der Waals surface area contributed by atoms with Crippen molar-refractivity contribution in [1.29, 1.82) is 5.26 Å². The highest BCUT2D eigenvalue weighted by Crippen LogP contribution is 2.04. The lowest BCUT2D eigenvalue weighted by Gasteiger charge is -2.04. The van der Waals surface area contributed by atoms with Crippen LogP contribution in [0.15, 0.2) is 36.0 Å². The van der Waals surface area contributed by atoms with E-state index in [4.69, 9.17) is 10.4 Å². The fourth-order valence-electron chi connectivity index (χ4n) is 1.17. The Morgan fingerprint density at radius 2 is 1.94 bits per heavy atom. The van der Waals surface area contributed by atoms with Crippen LogP contribution >= 0.6 is 0 Å². The van der Waals surface area contributed by atoms with Gasteiger partial charge in [0, 0.05) is 17.3 Å². The molecular weight excluding hydrogens is 220 g/mol. The quantitative estimate of drug-likeness (QED) is 0.765. The third-order valence-electron chi connectivity index (χ3n) is 1.93. The molecule has 0 fully saturated rings. The SMILES string of the molecule is C/C(=C\C(=O)O)NC(=O)c1ccc(C#N)cc1. The van der Waals surface area contributed by atoms with Gasteiger partial charge in [0.1, 0.15) is 0 Å². The van der Waals surface area contributed by atoms with Gasteiger partial charge in [-0.2, -0.15) is 5.26 Å². The second-order valence-corrected chi connectivity index (χ2v) is 3.31. The number of allylic oxidation sites excluding steroid dienone is 1. The molecule has 0 aromatic heterocycles. The van der Waals surface area contributed by atoms with E-state index < -0.39 is 11.9 Å². The fraction of sp³-hybridized carbons (Fsp3) is 0.0833. The Hall–Kier alpha value is -2.61. The van der Waals surface area contributed by atoms with Crippen molar-refractivity contribution in [3.05, 3.63) is 47.2 Å². The van der Waals surface area contributed by atoms with E-state index >= 15 is 0 Å². The topological polar surface area (TPSA) is 90.2 Å². The maximum atomic E-state index is 11.6. The molecule has 0 saturated heterocycles. The first-order chi connectivity index (χ1) is 8.02. The Balaban J connectivity index is 2.77. The lowest BCUT2D eigenvalue weighted by atomic mass is 10.1. The molecule has 0 aliphatic rings. The summed E-state index contributed by atoms with van der Waals surface area (Å²) < 4.78 is 0. The first-order valence-corrected chi connectivity index (χ1v) is 4.75. The van der Waals surface area contributed by atoms with Gasteiger partial charge in [0.25, 0.3) is 5.91 Å². The van der Waals surface area contributed by atoms with Crippen molar-refractivity contribution in [1.82, 2.24) is 5.32 Å². The molecule has 0 unspecified atom stereocenters. The number of carboxylic acids is 1. The van der Waals surface area contributed by atoms with E-state index in [1.807, 2.05) is 6.07 Å². The minimum absolute atomic E-state index is 0.242. The molecule has 0 bridgehead atoms. The largest absolute Gasteiger partial charge is 0.478 e. The number of hydrogen-bond donors (Lipinski definition) is 2. The number of nitrogens with zero attached hydrogens (tertiary/aromatic N) is 1. The van der Waals surface area contributed by atoms with E-state index in [9.17, 15) is 9.59 Å². The number of carboxylic acid groups (broad SMARTS) is 1. The molecule has 17 heavy (non-hydrogen) atoms. The molecule has 1 aromatic rings. The summed E-state index contributed by atoms with van der Waals surface area (Å²) in [7, 11) is 0. The van der Waals surface area contributed by atoms with E-state index in [1.165, 1.54) is 31.2 Å². The fourth-order valence-corrected chi connectivity index (χ4v) is 1.17. The van der Waals surface area contributed by atoms with E-state index in [-0.39, 0.29) is 5.70 Å². The van der Waals surface area contributed by atoms with Crippen LogP contribution in [0.5, 0.6) is 0 Å². The minimum Gasteiger partial charge on any atom is -0.478 e. The van der Waals surface area contributed by atoms with Gasteiger partial charge in [-0.25, -0.2) is 4.79 Å². The van der Waals surface area contributed by atoms with Crippen molar-refractivity contribution in [3.8, 4) is 6.07 Å². The van der Waals surface area contributed by atoms with Crippen LogP contribution in [0.4, 0.5) is 0 Å². The number of carbonyl (C=O) groups excluding carboxylic acids is 1. The highest BCUT2D eigenvalue weighted by molar-refractivity contribution is 5.96. The van der Waals surface area contributed by atoms with E-state index in [2.05, 4.69) is 5.32 Å². The van der Waals surface area contributed by atoms with Crippen molar-refractivity contribution in [2.75, 3.05) is 0 Å². The standard InChI is InChI=1S/C12H10N2O3/c1-8(6-11(15)16)14-12(17)10-4-2-9(7-13)3-5-10/h2-6H,1H3,(H,14,17)(H,15,16)/b8-6+. The number of hydrogen-bond acceptors (Lipinski definition) is 3. The van der Waals surface area contributed by atoms with Crippen LogP contribution in [-0.4, -0.2) is 17.0 Å². The molecule has 5 nitrogen and oxygen atoms in total. The number of nitriles is 1. The number of benzene rings is 1. The monoisotopic (exact) mass is 230 g/mol. The number of carbonyl (C=O) groups is 2. The molecule has 1 aromatic carbocycles. The molecule has 1 amide bonds. The number of aliphatic carboxylic acids is 1. The van der Waals surface area contributed by atoms with Gasteiger partial charge in [0.2, 0.25) is 0 Å². The van der Waals surface area contributed by atoms with Gasteiger partial charge < -0.3 is 10.4 Å². The summed E-state index contributed by atoms with van der Waals surface area (Å²) in [5.74, 6) is -1.54. The summed E-state index contributed by atoms with van der Waals surface area (Å²) in [6, 6.07) is 7.98. The van der Waals surface area contributed by atoms with Crippen LogP contribution < -0.4 is 5.32 Å². The first-order valence-electron chi connectivity index (χ1n) is 4.75. The van der Waals surface area contributed by atoms with Gasteiger partial charge in [-0.15, -0.1) is 0 Å². The summed E-state index contributed by atoms with van der Waals surface area (Å²) in [6.07, 6.45) is 0.904. The maximum absolute atomic E-state index is 11.6. The van der Waals surface area contributed by atoms with Crippen LogP contribution in [0.2, 0.25) is 0 Å². The minimum atomic E-state index is -1.12. The molecule has 5 heteroatoms. The molecule has 0 saturated carbocycles. The Morgan fingerprint density at radius 3 is 2.41 bits per heavy atom. The van der Waals surface area contributed by atoms with E-state index in [0.29, 0.717) is 11.1 Å². The Bertz CT molecular complexity index is 510. The molecular formula is C12H10N2O3. The van der Waals surface area contributed by atoms with Crippen molar-refractivity contribution in [2.24, 2.45) is 0 Å². The predicted molar refractivity (Wildman–Crippen MR) is 60.0 cm³/mol. The summed E-state index contributed by atoms with van der Waals surface area (Å²) in [6.45, 7) is 1.48. The van der Waals surface area contributed by atoms with Crippen LogP contribution in [0.3, 0.4) is 0 Å². The van der Waals surface area contributed by atoms with Crippen molar-refractivity contribution >= 4 is 11.9 Å². The average molecular weight is 230 g/mol. The Morgan fingerprint density at radius 1 is 1.35 bits per heavy atom. The zero-order chi connectivity index (χ0) is 12.8. The molecule has 0 aliphatic heterocycles. The van der Waals surface area contributed by atoms with E-state index in [1.54, 1.807) is 0 Å². The van der Waals surface area contributed by atoms with Crippen LogP contribution in [0.1, 0.15) is 22.8 Å². The highest BCUT2D eigenvalue weighted by atomic mass is 16.4. The third kappa shape index (κ3) is 3.80. The predicted octanol–water partition coefficient (Wildman–Crippen LogP) is 1.28. The van der Waals surface area contributed by atoms with Gasteiger partial charge >= 0.3 is 5.97 Å². The molecule has 2 N–H and O–H groups in total. The van der Waals surface area contributed by atoms with Crippen molar-refractivity contribution in [3.63, 3.8) is 0 Å². The Labute approximate surface area is 98.0 Å².